The molecule has 0 bridgehead atoms. The first-order valence-corrected chi connectivity index (χ1v) is 7.99. The van der Waals surface area contributed by atoms with E-state index in [-0.39, 0.29) is 5.28 Å². The summed E-state index contributed by atoms with van der Waals surface area (Å²) in [6, 6.07) is 9.58. The highest BCUT2D eigenvalue weighted by molar-refractivity contribution is 6.28. The molecule has 0 unspecified atom stereocenters. The number of hydrogen-bond donors (Lipinski definition) is 3. The molecule has 8 nitrogen and oxygen atoms in total. The van der Waals surface area contributed by atoms with Gasteiger partial charge in [-0.15, -0.1) is 0 Å². The van der Waals surface area contributed by atoms with E-state index in [0.29, 0.717) is 51.4 Å². The van der Waals surface area contributed by atoms with Crippen molar-refractivity contribution in [2.75, 3.05) is 50.2 Å². The SMILES string of the molecule is NCCOCCOCCNc1nc(Cl)nc(Nc2ccccc2)n1. The third-order valence-electron chi connectivity index (χ3n) is 2.80. The zero-order valence-corrected chi connectivity index (χ0v) is 14.0. The Labute approximate surface area is 145 Å². The molecule has 0 spiro atoms. The van der Waals surface area contributed by atoms with Crippen molar-refractivity contribution >= 4 is 29.2 Å². The van der Waals surface area contributed by atoms with Crippen LogP contribution in [0.15, 0.2) is 30.3 Å². The predicted octanol–water partition coefficient (Wildman–Crippen LogP) is 1.67. The molecule has 130 valence electrons. The lowest BCUT2D eigenvalue weighted by molar-refractivity contribution is 0.0547. The zero-order chi connectivity index (χ0) is 17.0. The van der Waals surface area contributed by atoms with Gasteiger partial charge in [-0.1, -0.05) is 18.2 Å². The number of para-hydroxylation sites is 1. The van der Waals surface area contributed by atoms with Gasteiger partial charge in [-0.2, -0.15) is 15.0 Å². The first-order chi connectivity index (χ1) is 11.8. The Morgan fingerprint density at radius 1 is 0.917 bits per heavy atom. The molecule has 1 aromatic heterocycles. The molecular weight excluding hydrogens is 332 g/mol. The van der Waals surface area contributed by atoms with E-state index < -0.39 is 0 Å². The van der Waals surface area contributed by atoms with Gasteiger partial charge in [-0.25, -0.2) is 0 Å². The van der Waals surface area contributed by atoms with Gasteiger partial charge < -0.3 is 25.8 Å². The van der Waals surface area contributed by atoms with E-state index in [1.807, 2.05) is 30.3 Å². The van der Waals surface area contributed by atoms with Gasteiger partial charge in [0.15, 0.2) is 0 Å². The Kier molecular flexibility index (Phi) is 8.19. The zero-order valence-electron chi connectivity index (χ0n) is 13.2. The predicted molar refractivity (Wildman–Crippen MR) is 93.7 cm³/mol. The number of aromatic nitrogens is 3. The summed E-state index contributed by atoms with van der Waals surface area (Å²) in [5.41, 5.74) is 6.18. The lowest BCUT2D eigenvalue weighted by Gasteiger charge is -2.09. The van der Waals surface area contributed by atoms with Crippen molar-refractivity contribution < 1.29 is 9.47 Å². The second-order valence-electron chi connectivity index (χ2n) is 4.68. The van der Waals surface area contributed by atoms with Crippen LogP contribution in [-0.4, -0.2) is 54.5 Å². The number of nitrogens with one attached hydrogen (secondary N) is 2. The number of nitrogens with zero attached hydrogens (tertiary/aromatic N) is 3. The molecule has 0 radical (unpaired) electrons. The van der Waals surface area contributed by atoms with Gasteiger partial charge in [0, 0.05) is 18.8 Å². The Morgan fingerprint density at radius 3 is 2.38 bits per heavy atom. The molecule has 2 aromatic rings. The van der Waals surface area contributed by atoms with Crippen molar-refractivity contribution in [1.82, 2.24) is 15.0 Å². The molecule has 2 rings (SSSR count). The largest absolute Gasteiger partial charge is 0.378 e. The summed E-state index contributed by atoms with van der Waals surface area (Å²) < 4.78 is 10.6. The van der Waals surface area contributed by atoms with E-state index in [1.165, 1.54) is 0 Å². The van der Waals surface area contributed by atoms with Crippen LogP contribution in [0, 0.1) is 0 Å². The molecule has 1 heterocycles. The number of anilines is 3. The average molecular weight is 353 g/mol. The molecule has 9 heteroatoms. The van der Waals surface area contributed by atoms with Crippen molar-refractivity contribution in [2.45, 2.75) is 0 Å². The number of ether oxygens (including phenoxy) is 2. The Balaban J connectivity index is 1.75. The Hall–Kier alpha value is -2.00. The van der Waals surface area contributed by atoms with E-state index in [9.17, 15) is 0 Å². The van der Waals surface area contributed by atoms with Gasteiger partial charge >= 0.3 is 0 Å². The number of halogens is 1. The summed E-state index contributed by atoms with van der Waals surface area (Å²) >= 11 is 5.93. The first kappa shape index (κ1) is 18.3. The van der Waals surface area contributed by atoms with Crippen LogP contribution in [0.4, 0.5) is 17.6 Å². The highest BCUT2D eigenvalue weighted by Crippen LogP contribution is 2.15. The molecule has 0 saturated carbocycles. The van der Waals surface area contributed by atoms with Crippen molar-refractivity contribution in [2.24, 2.45) is 5.73 Å². The quantitative estimate of drug-likeness (QED) is 0.524. The molecule has 0 aliphatic heterocycles. The summed E-state index contributed by atoms with van der Waals surface area (Å²) in [5, 5.41) is 6.22. The van der Waals surface area contributed by atoms with Crippen molar-refractivity contribution in [1.29, 1.82) is 0 Å². The summed E-state index contributed by atoms with van der Waals surface area (Å²) in [6.45, 7) is 3.14. The second kappa shape index (κ2) is 10.7. The maximum absolute atomic E-state index is 5.93. The molecule has 0 amide bonds. The van der Waals surface area contributed by atoms with Crippen LogP contribution in [0.25, 0.3) is 0 Å². The van der Waals surface area contributed by atoms with Gasteiger partial charge in [0.05, 0.1) is 26.4 Å². The van der Waals surface area contributed by atoms with Crippen LogP contribution in [-0.2, 0) is 9.47 Å². The molecule has 0 aliphatic carbocycles. The molecule has 0 saturated heterocycles. The highest BCUT2D eigenvalue weighted by atomic mass is 35.5. The number of rotatable bonds is 11. The lowest BCUT2D eigenvalue weighted by Crippen LogP contribution is -2.16. The second-order valence-corrected chi connectivity index (χ2v) is 5.02. The van der Waals surface area contributed by atoms with Gasteiger partial charge in [0.25, 0.3) is 0 Å². The number of hydrogen-bond acceptors (Lipinski definition) is 8. The summed E-state index contributed by atoms with van der Waals surface area (Å²) in [7, 11) is 0. The molecule has 4 N–H and O–H groups in total. The van der Waals surface area contributed by atoms with Gasteiger partial charge in [0.2, 0.25) is 17.2 Å². The summed E-state index contributed by atoms with van der Waals surface area (Å²) in [4.78, 5) is 12.3. The summed E-state index contributed by atoms with van der Waals surface area (Å²) in [5.74, 6) is 0.760. The maximum atomic E-state index is 5.93. The highest BCUT2D eigenvalue weighted by Gasteiger charge is 2.05. The molecule has 1 aromatic carbocycles. The van der Waals surface area contributed by atoms with Crippen molar-refractivity contribution in [3.05, 3.63) is 35.6 Å². The monoisotopic (exact) mass is 352 g/mol. The van der Waals surface area contributed by atoms with Crippen molar-refractivity contribution in [3.63, 3.8) is 0 Å². The average Bonchev–Trinajstić information content (AvgIpc) is 2.58. The third kappa shape index (κ3) is 7.05. The normalized spacial score (nSPS) is 10.6. The molecule has 24 heavy (non-hydrogen) atoms. The van der Waals surface area contributed by atoms with E-state index in [2.05, 4.69) is 25.6 Å². The molecular formula is C15H21ClN6O2. The Bertz CT molecular complexity index is 602. The van der Waals surface area contributed by atoms with Gasteiger partial charge in [0.1, 0.15) is 0 Å². The van der Waals surface area contributed by atoms with E-state index in [0.717, 1.165) is 5.69 Å². The smallest absolute Gasteiger partial charge is 0.233 e. The van der Waals surface area contributed by atoms with Crippen LogP contribution >= 0.6 is 11.6 Å². The number of nitrogens with two attached hydrogens (primary N) is 1. The standard InChI is InChI=1S/C15H21ClN6O2/c16-13-20-14(18-7-9-24-11-10-23-8-6-17)22-15(21-13)19-12-4-2-1-3-5-12/h1-5H,6-11,17H2,(H2,18,19,20,21,22). The van der Waals surface area contributed by atoms with Crippen LogP contribution < -0.4 is 16.4 Å². The van der Waals surface area contributed by atoms with E-state index in [4.69, 9.17) is 26.8 Å². The topological polar surface area (TPSA) is 107 Å². The van der Waals surface area contributed by atoms with Crippen LogP contribution in [0.2, 0.25) is 5.28 Å². The third-order valence-corrected chi connectivity index (χ3v) is 2.97. The fourth-order valence-corrected chi connectivity index (χ4v) is 1.94. The van der Waals surface area contributed by atoms with E-state index >= 15 is 0 Å². The molecule has 0 aliphatic rings. The van der Waals surface area contributed by atoms with Crippen molar-refractivity contribution in [3.8, 4) is 0 Å². The van der Waals surface area contributed by atoms with Crippen LogP contribution in [0.1, 0.15) is 0 Å². The minimum Gasteiger partial charge on any atom is -0.378 e. The number of benzene rings is 1. The van der Waals surface area contributed by atoms with Crippen LogP contribution in [0.5, 0.6) is 0 Å². The minimum atomic E-state index is 0.113. The molecule has 0 atom stereocenters. The first-order valence-electron chi connectivity index (χ1n) is 7.61. The van der Waals surface area contributed by atoms with E-state index in [1.54, 1.807) is 0 Å². The fourth-order valence-electron chi connectivity index (χ4n) is 1.78. The van der Waals surface area contributed by atoms with Gasteiger partial charge in [-0.05, 0) is 23.7 Å². The van der Waals surface area contributed by atoms with Crippen LogP contribution in [0.3, 0.4) is 0 Å². The maximum Gasteiger partial charge on any atom is 0.233 e. The lowest BCUT2D eigenvalue weighted by atomic mass is 10.3. The Morgan fingerprint density at radius 2 is 1.62 bits per heavy atom. The minimum absolute atomic E-state index is 0.113. The molecule has 0 fully saturated rings. The fraction of sp³-hybridized carbons (Fsp3) is 0.400. The van der Waals surface area contributed by atoms with Gasteiger partial charge in [-0.3, -0.25) is 0 Å². The summed E-state index contributed by atoms with van der Waals surface area (Å²) in [6.07, 6.45) is 0.